The molecule has 17 nitrogen and oxygen atoms in total. The number of nitrogens with one attached hydrogen (secondary N) is 2. The molecule has 6 amide bonds. The Morgan fingerprint density at radius 2 is 0.961 bits per heavy atom. The van der Waals surface area contributed by atoms with E-state index in [-0.39, 0.29) is 84.4 Å². The molecule has 0 fully saturated rings. The Balaban J connectivity index is 1.17. The van der Waals surface area contributed by atoms with Crippen LogP contribution in [0.2, 0.25) is 0 Å². The van der Waals surface area contributed by atoms with Crippen molar-refractivity contribution >= 4 is 47.2 Å². The van der Waals surface area contributed by atoms with E-state index in [1.54, 1.807) is 11.9 Å². The van der Waals surface area contributed by atoms with E-state index < -0.39 is 84.5 Å². The molecule has 0 saturated carbocycles. The molecule has 2 atom stereocenters. The van der Waals surface area contributed by atoms with E-state index >= 15 is 0 Å². The van der Waals surface area contributed by atoms with Gasteiger partial charge in [0, 0.05) is 37.6 Å². The second-order valence-electron chi connectivity index (χ2n) is 17.3. The molecule has 0 aliphatic carbocycles. The summed E-state index contributed by atoms with van der Waals surface area (Å²) in [4.78, 5) is 89.5. The molecule has 2 heterocycles. The number of hydrogen-bond acceptors (Lipinski definition) is 11. The first-order chi connectivity index (χ1) is 36.0. The molecular weight excluding hydrogens is 1000 g/mol. The number of esters is 2. The van der Waals surface area contributed by atoms with E-state index in [2.05, 4.69) is 10.6 Å². The first-order valence-electron chi connectivity index (χ1n) is 23.6. The lowest BCUT2D eigenvalue weighted by Gasteiger charge is -2.42. The molecular formula is C53H51F6N9O8. The molecule has 4 aromatic rings. The Morgan fingerprint density at radius 1 is 0.605 bits per heavy atom. The molecule has 2 aliphatic rings. The third kappa shape index (κ3) is 12.8. The van der Waals surface area contributed by atoms with Crippen molar-refractivity contribution in [2.45, 2.75) is 52.1 Å². The minimum atomic E-state index is -4.79. The summed E-state index contributed by atoms with van der Waals surface area (Å²) in [6.45, 7) is 4.44. The Hall–Kier alpha value is -8.70. The normalized spacial score (nSPS) is 16.1. The predicted molar refractivity (Wildman–Crippen MR) is 262 cm³/mol. The number of rotatable bonds is 18. The lowest BCUT2D eigenvalue weighted by atomic mass is 9.92. The Kier molecular flexibility index (Phi) is 17.9. The summed E-state index contributed by atoms with van der Waals surface area (Å²) in [6.07, 6.45) is -9.58. The SMILES string of the molecule is CCOC(=O)C1=C(C)N(c2cccc(C(F)(F)F)c2)C(=O)N(CC(=O)NCCN(C)CCNC(=O)CN2C(=O)N(c3cccc(C(F)(F)F)c3)C(C)=C(C(=O)OCC)[C@H]2c2ccc(C#N)cc2)C1c1ccc(C#N)cc1. The van der Waals surface area contributed by atoms with Gasteiger partial charge in [0.15, 0.2) is 0 Å². The number of anilines is 2. The van der Waals surface area contributed by atoms with Crippen molar-refractivity contribution in [1.29, 1.82) is 10.5 Å². The highest BCUT2D eigenvalue weighted by atomic mass is 19.4. The maximum atomic E-state index is 14.5. The molecule has 0 saturated heterocycles. The summed E-state index contributed by atoms with van der Waals surface area (Å²) in [5.74, 6) is -3.27. The number of allylic oxidation sites excluding steroid dienone is 2. The summed E-state index contributed by atoms with van der Waals surface area (Å²) >= 11 is 0. The molecule has 398 valence electrons. The number of ether oxygens (including phenoxy) is 2. The number of amides is 6. The van der Waals surface area contributed by atoms with E-state index in [1.807, 2.05) is 12.1 Å². The first kappa shape index (κ1) is 56.6. The van der Waals surface area contributed by atoms with Gasteiger partial charge in [0.05, 0.1) is 82.2 Å². The van der Waals surface area contributed by atoms with Gasteiger partial charge in [0.2, 0.25) is 11.8 Å². The van der Waals surface area contributed by atoms with Crippen molar-refractivity contribution < 1.29 is 64.6 Å². The van der Waals surface area contributed by atoms with Crippen LogP contribution in [0.25, 0.3) is 0 Å². The minimum absolute atomic E-state index is 0.0357. The number of halogens is 6. The van der Waals surface area contributed by atoms with E-state index in [0.717, 1.165) is 56.0 Å². The van der Waals surface area contributed by atoms with Crippen LogP contribution in [0.15, 0.2) is 120 Å². The number of benzene rings is 4. The van der Waals surface area contributed by atoms with E-state index in [0.29, 0.717) is 11.1 Å². The molecule has 2 aliphatic heterocycles. The molecule has 0 bridgehead atoms. The molecule has 4 aromatic carbocycles. The highest BCUT2D eigenvalue weighted by Gasteiger charge is 2.46. The summed E-state index contributed by atoms with van der Waals surface area (Å²) in [7, 11) is 1.65. The van der Waals surface area contributed by atoms with Crippen molar-refractivity contribution in [3.63, 3.8) is 0 Å². The molecule has 1 unspecified atom stereocenters. The average molecular weight is 1060 g/mol. The fraction of sp³-hybridized carbons (Fsp3) is 0.321. The van der Waals surface area contributed by atoms with Gasteiger partial charge in [-0.05, 0) is 107 Å². The molecule has 0 aromatic heterocycles. The smallest absolute Gasteiger partial charge is 0.416 e. The van der Waals surface area contributed by atoms with E-state index in [9.17, 15) is 65.6 Å². The van der Waals surface area contributed by atoms with Crippen molar-refractivity contribution in [3.05, 3.63) is 153 Å². The zero-order chi connectivity index (χ0) is 55.6. The number of urea groups is 2. The second kappa shape index (κ2) is 24.1. The van der Waals surface area contributed by atoms with Gasteiger partial charge in [-0.2, -0.15) is 36.9 Å². The number of carbonyl (C=O) groups is 6. The van der Waals surface area contributed by atoms with Crippen LogP contribution in [0.3, 0.4) is 0 Å². The van der Waals surface area contributed by atoms with Crippen LogP contribution in [0.4, 0.5) is 47.3 Å². The third-order valence-corrected chi connectivity index (χ3v) is 12.3. The molecule has 2 N–H and O–H groups in total. The third-order valence-electron chi connectivity index (χ3n) is 12.3. The zero-order valence-corrected chi connectivity index (χ0v) is 41.7. The zero-order valence-electron chi connectivity index (χ0n) is 41.7. The van der Waals surface area contributed by atoms with Crippen LogP contribution < -0.4 is 20.4 Å². The van der Waals surface area contributed by atoms with Crippen LogP contribution in [-0.4, -0.2) is 110 Å². The highest BCUT2D eigenvalue weighted by molar-refractivity contribution is 6.05. The molecule has 0 radical (unpaired) electrons. The molecule has 23 heteroatoms. The van der Waals surface area contributed by atoms with Crippen LogP contribution in [0.1, 0.15) is 73.2 Å². The van der Waals surface area contributed by atoms with Gasteiger partial charge in [0.1, 0.15) is 13.1 Å². The van der Waals surface area contributed by atoms with Gasteiger partial charge in [-0.3, -0.25) is 19.4 Å². The summed E-state index contributed by atoms with van der Waals surface area (Å²) in [6, 6.07) is 19.0. The largest absolute Gasteiger partial charge is 0.463 e. The fourth-order valence-corrected chi connectivity index (χ4v) is 8.70. The number of nitriles is 2. The summed E-state index contributed by atoms with van der Waals surface area (Å²) < 4.78 is 94.1. The average Bonchev–Trinajstić information content (AvgIpc) is 3.37. The van der Waals surface area contributed by atoms with Crippen molar-refractivity contribution in [2.75, 3.05) is 69.3 Å². The number of nitrogens with zero attached hydrogens (tertiary/aromatic N) is 7. The van der Waals surface area contributed by atoms with Crippen LogP contribution in [0, 0.1) is 22.7 Å². The van der Waals surface area contributed by atoms with E-state index in [4.69, 9.17) is 9.47 Å². The van der Waals surface area contributed by atoms with Gasteiger partial charge in [0.25, 0.3) is 0 Å². The predicted octanol–water partition coefficient (Wildman–Crippen LogP) is 7.97. The monoisotopic (exact) mass is 1060 g/mol. The van der Waals surface area contributed by atoms with Gasteiger partial charge < -0.3 is 34.8 Å². The number of alkyl halides is 6. The lowest BCUT2D eigenvalue weighted by Crippen LogP contribution is -2.54. The minimum Gasteiger partial charge on any atom is -0.463 e. The lowest BCUT2D eigenvalue weighted by molar-refractivity contribution is -0.140. The molecule has 0 spiro atoms. The van der Waals surface area contributed by atoms with Gasteiger partial charge in [-0.15, -0.1) is 0 Å². The fourth-order valence-electron chi connectivity index (χ4n) is 8.70. The first-order valence-corrected chi connectivity index (χ1v) is 23.6. The standard InChI is InChI=1S/C53H51F6N9O8/c1-6-75-48(71)44-32(3)67(40-12-8-10-38(26-40)52(54,55)56)50(73)65(46(44)36-18-14-34(28-60)15-19-36)30-42(69)62-22-24-64(5)25-23-63-43(70)31-66-47(37-20-16-35(29-61)17-21-37)45(49(72)76-7-2)33(4)68(51(66)74)41-13-9-11-39(27-41)53(57,58)59/h8-21,26-27,46-47H,6-7,22-25,30-31H2,1-5H3,(H,62,69)(H,63,70)/t46-,47?/m1/s1. The van der Waals surface area contributed by atoms with E-state index in [1.165, 1.54) is 88.4 Å². The van der Waals surface area contributed by atoms with Gasteiger partial charge in [-0.25, -0.2) is 19.2 Å². The summed E-state index contributed by atoms with van der Waals surface area (Å²) in [5, 5.41) is 24.3. The van der Waals surface area contributed by atoms with Crippen molar-refractivity contribution in [1.82, 2.24) is 25.3 Å². The number of likely N-dealkylation sites (N-methyl/N-ethyl adjacent to an activating group) is 1. The van der Waals surface area contributed by atoms with Crippen LogP contribution in [-0.2, 0) is 41.0 Å². The van der Waals surface area contributed by atoms with Crippen molar-refractivity contribution in [3.8, 4) is 12.1 Å². The number of carbonyl (C=O) groups excluding carboxylic acids is 6. The van der Waals surface area contributed by atoms with Crippen LogP contribution in [0.5, 0.6) is 0 Å². The van der Waals surface area contributed by atoms with Gasteiger partial charge >= 0.3 is 36.4 Å². The quantitative estimate of drug-likeness (QED) is 0.0721. The van der Waals surface area contributed by atoms with Crippen molar-refractivity contribution in [2.24, 2.45) is 0 Å². The Morgan fingerprint density at radius 3 is 1.28 bits per heavy atom. The summed E-state index contributed by atoms with van der Waals surface area (Å²) in [5.41, 5.74) is -1.95. The molecule has 76 heavy (non-hydrogen) atoms. The Bertz CT molecular complexity index is 2820. The maximum absolute atomic E-state index is 14.5. The van der Waals surface area contributed by atoms with Crippen LogP contribution >= 0.6 is 0 Å². The molecule has 6 rings (SSSR count). The number of hydrogen-bond donors (Lipinski definition) is 2. The van der Waals surface area contributed by atoms with Gasteiger partial charge in [-0.1, -0.05) is 36.4 Å². The highest BCUT2D eigenvalue weighted by Crippen LogP contribution is 2.43. The Labute approximate surface area is 433 Å². The second-order valence-corrected chi connectivity index (χ2v) is 17.3. The maximum Gasteiger partial charge on any atom is 0.416 e. The topological polar surface area (TPSA) is 209 Å².